The fourth-order valence-electron chi connectivity index (χ4n) is 2.52. The Hall–Kier alpha value is -2.60. The first-order valence-electron chi connectivity index (χ1n) is 7.62. The van der Waals surface area contributed by atoms with E-state index in [0.717, 1.165) is 17.8 Å². The van der Waals surface area contributed by atoms with Crippen molar-refractivity contribution in [2.24, 2.45) is 0 Å². The van der Waals surface area contributed by atoms with Crippen LogP contribution in [0.1, 0.15) is 5.56 Å². The molecule has 2 aromatic rings. The highest BCUT2D eigenvalue weighted by molar-refractivity contribution is 6.29. The van der Waals surface area contributed by atoms with E-state index in [-0.39, 0.29) is 18.2 Å². The Balaban J connectivity index is 1.58. The van der Waals surface area contributed by atoms with Gasteiger partial charge < -0.3 is 15.5 Å². The standard InChI is InChI=1S/C17H17ClN4O2/c18-15-6-1-12(10-20-15)9-16(23)21-13-2-4-14(5-3-13)22-8-7-19-17(24)11-22/h1-6,10H,7-9,11H2,(H,19,24)(H,21,23). The maximum Gasteiger partial charge on any atom is 0.239 e. The lowest BCUT2D eigenvalue weighted by molar-refractivity contribution is -0.120. The van der Waals surface area contributed by atoms with Crippen LogP contribution >= 0.6 is 11.6 Å². The van der Waals surface area contributed by atoms with Gasteiger partial charge in [0.1, 0.15) is 5.15 Å². The summed E-state index contributed by atoms with van der Waals surface area (Å²) >= 11 is 5.73. The Kier molecular flexibility index (Phi) is 4.96. The quantitative estimate of drug-likeness (QED) is 0.830. The number of anilines is 2. The van der Waals surface area contributed by atoms with Crippen molar-refractivity contribution in [3.8, 4) is 0 Å². The Morgan fingerprint density at radius 1 is 1.25 bits per heavy atom. The lowest BCUT2D eigenvalue weighted by atomic mass is 10.2. The maximum absolute atomic E-state index is 12.1. The second-order valence-corrected chi connectivity index (χ2v) is 5.92. The molecule has 0 unspecified atom stereocenters. The van der Waals surface area contributed by atoms with Gasteiger partial charge in [-0.3, -0.25) is 9.59 Å². The molecule has 6 nitrogen and oxygen atoms in total. The summed E-state index contributed by atoms with van der Waals surface area (Å²) in [6.45, 7) is 1.78. The lowest BCUT2D eigenvalue weighted by Gasteiger charge is -2.28. The van der Waals surface area contributed by atoms with E-state index in [1.807, 2.05) is 29.2 Å². The van der Waals surface area contributed by atoms with Crippen molar-refractivity contribution >= 4 is 34.8 Å². The fourth-order valence-corrected chi connectivity index (χ4v) is 2.63. The highest BCUT2D eigenvalue weighted by atomic mass is 35.5. The molecule has 2 amide bonds. The Labute approximate surface area is 144 Å². The minimum atomic E-state index is -0.121. The second kappa shape index (κ2) is 7.31. The minimum absolute atomic E-state index is 0.0233. The van der Waals surface area contributed by atoms with E-state index < -0.39 is 0 Å². The minimum Gasteiger partial charge on any atom is -0.360 e. The summed E-state index contributed by atoms with van der Waals surface area (Å²) in [6.07, 6.45) is 1.82. The molecule has 0 spiro atoms. The molecule has 2 N–H and O–H groups in total. The van der Waals surface area contributed by atoms with Gasteiger partial charge in [0.15, 0.2) is 0 Å². The monoisotopic (exact) mass is 344 g/mol. The molecule has 0 saturated carbocycles. The molecule has 1 aromatic heterocycles. The van der Waals surface area contributed by atoms with Crippen LogP contribution in [0.2, 0.25) is 5.15 Å². The topological polar surface area (TPSA) is 74.3 Å². The molecule has 0 aliphatic carbocycles. The molecule has 0 atom stereocenters. The zero-order valence-electron chi connectivity index (χ0n) is 13.0. The first-order valence-corrected chi connectivity index (χ1v) is 8.00. The number of amides is 2. The number of hydrogen-bond donors (Lipinski definition) is 2. The van der Waals surface area contributed by atoms with Gasteiger partial charge in [-0.2, -0.15) is 0 Å². The Morgan fingerprint density at radius 2 is 2.04 bits per heavy atom. The lowest BCUT2D eigenvalue weighted by Crippen LogP contribution is -2.47. The van der Waals surface area contributed by atoms with E-state index in [0.29, 0.717) is 23.9 Å². The van der Waals surface area contributed by atoms with Crippen LogP contribution in [0.25, 0.3) is 0 Å². The van der Waals surface area contributed by atoms with E-state index in [1.54, 1.807) is 18.3 Å². The molecule has 7 heteroatoms. The number of piperazine rings is 1. The molecule has 1 aliphatic heterocycles. The number of nitrogens with zero attached hydrogens (tertiary/aromatic N) is 2. The van der Waals surface area contributed by atoms with Gasteiger partial charge in [-0.1, -0.05) is 17.7 Å². The predicted octanol–water partition coefficient (Wildman–Crippen LogP) is 1.85. The number of rotatable bonds is 4. The molecule has 3 rings (SSSR count). The normalized spacial score (nSPS) is 14.2. The number of carbonyl (C=O) groups is 2. The molecule has 0 radical (unpaired) electrons. The van der Waals surface area contributed by atoms with Crippen LogP contribution in [0.3, 0.4) is 0 Å². The predicted molar refractivity (Wildman–Crippen MR) is 93.2 cm³/mol. The molecule has 1 fully saturated rings. The number of pyridine rings is 1. The Bertz CT molecular complexity index is 731. The van der Waals surface area contributed by atoms with Gasteiger partial charge in [0, 0.05) is 30.7 Å². The van der Waals surface area contributed by atoms with Crippen molar-refractivity contribution in [1.82, 2.24) is 10.3 Å². The molecular weight excluding hydrogens is 328 g/mol. The van der Waals surface area contributed by atoms with Crippen LogP contribution < -0.4 is 15.5 Å². The van der Waals surface area contributed by atoms with Crippen LogP contribution in [0, 0.1) is 0 Å². The van der Waals surface area contributed by atoms with Gasteiger partial charge in [-0.25, -0.2) is 4.98 Å². The number of carbonyl (C=O) groups excluding carboxylic acids is 2. The third-order valence-electron chi connectivity index (χ3n) is 3.71. The molecule has 124 valence electrons. The van der Waals surface area contributed by atoms with Crippen LogP contribution in [0.15, 0.2) is 42.6 Å². The number of halogens is 1. The zero-order chi connectivity index (χ0) is 16.9. The summed E-state index contributed by atoms with van der Waals surface area (Å²) in [7, 11) is 0. The van der Waals surface area contributed by atoms with E-state index in [4.69, 9.17) is 11.6 Å². The highest BCUT2D eigenvalue weighted by Gasteiger charge is 2.16. The van der Waals surface area contributed by atoms with Crippen LogP contribution in [-0.2, 0) is 16.0 Å². The van der Waals surface area contributed by atoms with Crippen LogP contribution in [0.4, 0.5) is 11.4 Å². The second-order valence-electron chi connectivity index (χ2n) is 5.53. The van der Waals surface area contributed by atoms with E-state index in [1.165, 1.54) is 0 Å². The third kappa shape index (κ3) is 4.23. The van der Waals surface area contributed by atoms with Crippen molar-refractivity contribution in [2.75, 3.05) is 29.9 Å². The molecule has 24 heavy (non-hydrogen) atoms. The fraction of sp³-hybridized carbons (Fsp3) is 0.235. The number of benzene rings is 1. The summed E-state index contributed by atoms with van der Waals surface area (Å²) in [5.41, 5.74) is 2.48. The summed E-state index contributed by atoms with van der Waals surface area (Å²) < 4.78 is 0. The first kappa shape index (κ1) is 16.3. The van der Waals surface area contributed by atoms with E-state index in [9.17, 15) is 9.59 Å². The number of nitrogens with one attached hydrogen (secondary N) is 2. The first-order chi connectivity index (χ1) is 11.6. The van der Waals surface area contributed by atoms with Gasteiger partial charge in [0.25, 0.3) is 0 Å². The Morgan fingerprint density at radius 3 is 2.71 bits per heavy atom. The summed E-state index contributed by atoms with van der Waals surface area (Å²) in [4.78, 5) is 29.5. The molecule has 1 aliphatic rings. The van der Waals surface area contributed by atoms with Gasteiger partial charge in [-0.05, 0) is 35.9 Å². The van der Waals surface area contributed by atoms with Crippen molar-refractivity contribution in [3.63, 3.8) is 0 Å². The number of aromatic nitrogens is 1. The molecule has 1 saturated heterocycles. The van der Waals surface area contributed by atoms with Gasteiger partial charge in [0.2, 0.25) is 11.8 Å². The molecule has 1 aromatic carbocycles. The van der Waals surface area contributed by atoms with Crippen molar-refractivity contribution in [1.29, 1.82) is 0 Å². The third-order valence-corrected chi connectivity index (χ3v) is 3.93. The van der Waals surface area contributed by atoms with Gasteiger partial charge >= 0.3 is 0 Å². The average Bonchev–Trinajstić information content (AvgIpc) is 2.58. The van der Waals surface area contributed by atoms with E-state index >= 15 is 0 Å². The average molecular weight is 345 g/mol. The highest BCUT2D eigenvalue weighted by Crippen LogP contribution is 2.18. The smallest absolute Gasteiger partial charge is 0.239 e. The van der Waals surface area contributed by atoms with Gasteiger partial charge in [0.05, 0.1) is 13.0 Å². The number of hydrogen-bond acceptors (Lipinski definition) is 4. The van der Waals surface area contributed by atoms with Crippen molar-refractivity contribution in [2.45, 2.75) is 6.42 Å². The maximum atomic E-state index is 12.1. The molecule has 2 heterocycles. The van der Waals surface area contributed by atoms with Gasteiger partial charge in [-0.15, -0.1) is 0 Å². The largest absolute Gasteiger partial charge is 0.360 e. The zero-order valence-corrected chi connectivity index (χ0v) is 13.7. The SMILES string of the molecule is O=C1CN(c2ccc(NC(=O)Cc3ccc(Cl)nc3)cc2)CCN1. The van der Waals surface area contributed by atoms with Crippen LogP contribution in [0.5, 0.6) is 0 Å². The molecular formula is C17H17ClN4O2. The van der Waals surface area contributed by atoms with Crippen molar-refractivity contribution < 1.29 is 9.59 Å². The summed E-state index contributed by atoms with van der Waals surface area (Å²) in [5, 5.41) is 6.05. The van der Waals surface area contributed by atoms with E-state index in [2.05, 4.69) is 15.6 Å². The van der Waals surface area contributed by atoms with Crippen LogP contribution in [-0.4, -0.2) is 36.4 Å². The summed E-state index contributed by atoms with van der Waals surface area (Å²) in [6, 6.07) is 10.9. The van der Waals surface area contributed by atoms with Crippen molar-refractivity contribution in [3.05, 3.63) is 53.3 Å². The molecule has 0 bridgehead atoms. The summed E-state index contributed by atoms with van der Waals surface area (Å²) in [5.74, 6) is -0.0978.